The molecule has 3 aromatic rings. The molecule has 2 unspecified atom stereocenters. The number of phenolic OH excluding ortho intramolecular Hbond substituents is 1. The summed E-state index contributed by atoms with van der Waals surface area (Å²) in [6.07, 6.45) is 10.9. The van der Waals surface area contributed by atoms with Crippen LogP contribution < -0.4 is 15.0 Å². The highest BCUT2D eigenvalue weighted by molar-refractivity contribution is 8.32. The smallest absolute Gasteiger partial charge is 0.319 e. The van der Waals surface area contributed by atoms with Gasteiger partial charge >= 0.3 is 6.01 Å². The summed E-state index contributed by atoms with van der Waals surface area (Å²) in [4.78, 5) is 14.9. The molecular weight excluding hydrogens is 549 g/mol. The van der Waals surface area contributed by atoms with Gasteiger partial charge < -0.3 is 25.0 Å². The molecule has 2 aromatic carbocycles. The Morgan fingerprint density at radius 1 is 1.15 bits per heavy atom. The number of rotatable bonds is 8. The molecule has 10 heteroatoms. The first-order valence-electron chi connectivity index (χ1n) is 13.9. The van der Waals surface area contributed by atoms with Gasteiger partial charge in [-0.05, 0) is 87.7 Å². The normalized spacial score (nSPS) is 22.2. The van der Waals surface area contributed by atoms with E-state index in [1.807, 2.05) is 6.07 Å². The number of ether oxygens (including phenoxy) is 1. The van der Waals surface area contributed by atoms with Crippen molar-refractivity contribution in [3.05, 3.63) is 35.1 Å². The van der Waals surface area contributed by atoms with Gasteiger partial charge in [0.25, 0.3) is 0 Å². The lowest BCUT2D eigenvalue weighted by Gasteiger charge is -2.34. The molecule has 3 fully saturated rings. The average molecular weight is 588 g/mol. The maximum atomic E-state index is 16.7. The van der Waals surface area contributed by atoms with Gasteiger partial charge in [0.2, 0.25) is 0 Å². The number of fused-ring (bicyclic) bond motifs is 3. The minimum atomic E-state index is -1.27. The van der Waals surface area contributed by atoms with Crippen molar-refractivity contribution in [2.45, 2.75) is 42.7 Å². The summed E-state index contributed by atoms with van der Waals surface area (Å²) in [6.45, 7) is 3.00. The van der Waals surface area contributed by atoms with E-state index in [0.29, 0.717) is 35.5 Å². The van der Waals surface area contributed by atoms with Gasteiger partial charge in [0.1, 0.15) is 17.1 Å². The van der Waals surface area contributed by atoms with Crippen LogP contribution in [0.1, 0.15) is 25.7 Å². The lowest BCUT2D eigenvalue weighted by molar-refractivity contribution is 0.183. The topological polar surface area (TPSA) is 73.8 Å². The van der Waals surface area contributed by atoms with E-state index in [2.05, 4.69) is 53.0 Å². The lowest BCUT2D eigenvalue weighted by Crippen LogP contribution is -2.51. The summed E-state index contributed by atoms with van der Waals surface area (Å²) in [6, 6.07) is 7.88. The van der Waals surface area contributed by atoms with Crippen molar-refractivity contribution in [1.82, 2.24) is 20.2 Å². The Labute approximate surface area is 242 Å². The number of nitrogens with one attached hydrogen (secondary N) is 1. The van der Waals surface area contributed by atoms with Crippen LogP contribution in [0.3, 0.4) is 0 Å². The maximum absolute atomic E-state index is 16.7. The van der Waals surface area contributed by atoms with Gasteiger partial charge in [-0.25, -0.2) is 14.4 Å². The van der Waals surface area contributed by atoms with Crippen LogP contribution in [0, 0.1) is 11.2 Å². The molecule has 2 atom stereocenters. The lowest BCUT2D eigenvalue weighted by atomic mass is 10.0. The van der Waals surface area contributed by atoms with Crippen LogP contribution in [0.15, 0.2) is 29.2 Å². The van der Waals surface area contributed by atoms with Crippen LogP contribution >= 0.6 is 21.6 Å². The SMILES string of the molecule is CN(C)CC1(COc2nc(N3CC4CCC(C3)N4)c3cc(Cl)c(-c4cc(O)ccc4S(C)(C)C)c(F)c3n2)CC1. The summed E-state index contributed by atoms with van der Waals surface area (Å²) in [5, 5.41) is 14.9. The van der Waals surface area contributed by atoms with Gasteiger partial charge in [0, 0.05) is 53.6 Å². The van der Waals surface area contributed by atoms with Crippen molar-refractivity contribution in [3.8, 4) is 22.9 Å². The number of phenols is 1. The number of benzene rings is 2. The predicted octanol–water partition coefficient (Wildman–Crippen LogP) is 5.51. The second-order valence-corrected chi connectivity index (χ2v) is 17.4. The fourth-order valence-electron chi connectivity index (χ4n) is 6.34. The highest BCUT2D eigenvalue weighted by Crippen LogP contribution is 2.53. The molecule has 6 rings (SSSR count). The minimum absolute atomic E-state index is 0.0669. The van der Waals surface area contributed by atoms with Gasteiger partial charge in [0.15, 0.2) is 5.82 Å². The highest BCUT2D eigenvalue weighted by Gasteiger charge is 2.44. The third-order valence-electron chi connectivity index (χ3n) is 8.37. The van der Waals surface area contributed by atoms with Gasteiger partial charge in [-0.3, -0.25) is 0 Å². The van der Waals surface area contributed by atoms with Gasteiger partial charge in [-0.2, -0.15) is 9.97 Å². The molecule has 0 radical (unpaired) electrons. The minimum Gasteiger partial charge on any atom is -0.508 e. The van der Waals surface area contributed by atoms with Crippen LogP contribution in [0.5, 0.6) is 11.8 Å². The molecule has 3 aliphatic rings. The van der Waals surface area contributed by atoms with E-state index in [4.69, 9.17) is 21.3 Å². The first kappa shape index (κ1) is 27.8. The summed E-state index contributed by atoms with van der Waals surface area (Å²) in [5.41, 5.74) is 1.13. The monoisotopic (exact) mass is 587 g/mol. The van der Waals surface area contributed by atoms with E-state index in [0.717, 1.165) is 50.2 Å². The standard InChI is InChI=1S/C30H39ClFN5O2S/c1-36(2)16-30(10-11-30)17-39-29-34-27-22(28(35-29)37-14-18-6-7-19(15-37)33-18)13-23(31)25(26(27)32)21-12-20(38)8-9-24(21)40(3,4)5/h8-9,12-13,18-19,33,38H,6-7,10-11,14-17H2,1-5H3. The third-order valence-corrected chi connectivity index (χ3v) is 10.3. The Bertz CT molecular complexity index is 1450. The largest absolute Gasteiger partial charge is 0.508 e. The molecule has 216 valence electrons. The van der Waals surface area contributed by atoms with E-state index in [1.54, 1.807) is 18.2 Å². The molecule has 1 aromatic heterocycles. The van der Waals surface area contributed by atoms with Crippen molar-refractivity contribution in [3.63, 3.8) is 0 Å². The van der Waals surface area contributed by atoms with Crippen LogP contribution in [0.2, 0.25) is 5.02 Å². The van der Waals surface area contributed by atoms with Crippen LogP contribution in [0.25, 0.3) is 22.0 Å². The molecule has 2 saturated heterocycles. The fraction of sp³-hybridized carbons (Fsp3) is 0.533. The molecule has 0 amide bonds. The van der Waals surface area contributed by atoms with E-state index in [-0.39, 0.29) is 33.3 Å². The van der Waals surface area contributed by atoms with Crippen molar-refractivity contribution < 1.29 is 14.2 Å². The van der Waals surface area contributed by atoms with E-state index in [9.17, 15) is 5.11 Å². The van der Waals surface area contributed by atoms with Crippen LogP contribution in [0.4, 0.5) is 10.2 Å². The average Bonchev–Trinajstić information content (AvgIpc) is 3.55. The molecule has 7 nitrogen and oxygen atoms in total. The predicted molar refractivity (Wildman–Crippen MR) is 163 cm³/mol. The first-order valence-corrected chi connectivity index (χ1v) is 17.2. The molecule has 2 N–H and O–H groups in total. The van der Waals surface area contributed by atoms with Gasteiger partial charge in [-0.15, -0.1) is 0 Å². The molecule has 1 aliphatic carbocycles. The molecule has 2 bridgehead atoms. The summed E-state index contributed by atoms with van der Waals surface area (Å²) < 4.78 is 23.0. The van der Waals surface area contributed by atoms with Crippen molar-refractivity contribution >= 4 is 38.3 Å². The second kappa shape index (κ2) is 10.2. The number of hydrogen-bond acceptors (Lipinski definition) is 7. The maximum Gasteiger partial charge on any atom is 0.319 e. The fourth-order valence-corrected chi connectivity index (χ4v) is 7.93. The summed E-state index contributed by atoms with van der Waals surface area (Å²) in [5.74, 6) is 0.220. The van der Waals surface area contributed by atoms with E-state index < -0.39 is 15.8 Å². The summed E-state index contributed by atoms with van der Waals surface area (Å²) in [7, 11) is 2.87. The Morgan fingerprint density at radius 3 is 2.48 bits per heavy atom. The van der Waals surface area contributed by atoms with Crippen LogP contribution in [-0.4, -0.2) is 91.2 Å². The van der Waals surface area contributed by atoms with Crippen LogP contribution in [-0.2, 0) is 0 Å². The number of piperazine rings is 1. The Balaban J connectivity index is 1.49. The number of anilines is 1. The molecular formula is C30H39ClFN5O2S. The zero-order valence-corrected chi connectivity index (χ0v) is 25.5. The molecule has 1 saturated carbocycles. The van der Waals surface area contributed by atoms with Gasteiger partial charge in [0.05, 0.1) is 11.6 Å². The highest BCUT2D eigenvalue weighted by atomic mass is 35.5. The molecule has 3 heterocycles. The number of halogens is 2. The quantitative estimate of drug-likeness (QED) is 0.360. The first-order chi connectivity index (χ1) is 18.9. The summed E-state index contributed by atoms with van der Waals surface area (Å²) >= 11 is 6.88. The molecule has 2 aliphatic heterocycles. The van der Waals surface area contributed by atoms with Crippen molar-refractivity contribution in [1.29, 1.82) is 0 Å². The van der Waals surface area contributed by atoms with E-state index >= 15 is 4.39 Å². The third kappa shape index (κ3) is 5.33. The molecule has 40 heavy (non-hydrogen) atoms. The number of nitrogens with zero attached hydrogens (tertiary/aromatic N) is 4. The Kier molecular flexibility index (Phi) is 7.09. The molecule has 0 spiro atoms. The van der Waals surface area contributed by atoms with E-state index in [1.165, 1.54) is 0 Å². The number of aromatic nitrogens is 2. The number of aromatic hydroxyl groups is 1. The Morgan fingerprint density at radius 2 is 1.85 bits per heavy atom. The van der Waals surface area contributed by atoms with Crippen molar-refractivity contribution in [2.75, 3.05) is 64.0 Å². The Hall–Kier alpha value is -2.33. The zero-order valence-electron chi connectivity index (χ0n) is 23.9. The second-order valence-electron chi connectivity index (χ2n) is 12.9. The van der Waals surface area contributed by atoms with Gasteiger partial charge in [-0.1, -0.05) is 11.6 Å². The zero-order chi connectivity index (χ0) is 28.4. The number of hydrogen-bond donors (Lipinski definition) is 2. The van der Waals surface area contributed by atoms with Crippen molar-refractivity contribution in [2.24, 2.45) is 5.41 Å².